The van der Waals surface area contributed by atoms with Crippen molar-refractivity contribution in [1.82, 2.24) is 0 Å². The van der Waals surface area contributed by atoms with E-state index in [-0.39, 0.29) is 33.8 Å². The summed E-state index contributed by atoms with van der Waals surface area (Å²) in [6.45, 7) is 3.40. The van der Waals surface area contributed by atoms with E-state index >= 15 is 0 Å². The molecule has 2 aliphatic rings. The molecule has 0 aromatic heterocycles. The van der Waals surface area contributed by atoms with Gasteiger partial charge in [-0.3, -0.25) is 9.59 Å². The van der Waals surface area contributed by atoms with E-state index in [1.807, 2.05) is 0 Å². The molecule has 3 nitrogen and oxygen atoms in total. The molecule has 1 N–H and O–H groups in total. The molecule has 0 saturated heterocycles. The summed E-state index contributed by atoms with van der Waals surface area (Å²) >= 11 is 6.20. The van der Waals surface area contributed by atoms with E-state index in [4.69, 9.17) is 11.6 Å². The third-order valence-electron chi connectivity index (χ3n) is 5.07. The first-order valence-corrected chi connectivity index (χ1v) is 7.38. The molecule has 0 radical (unpaired) electrons. The number of phenols is 1. The molecular formula is C16H17ClO3. The van der Waals surface area contributed by atoms with Gasteiger partial charge in [-0.15, -0.1) is 0 Å². The van der Waals surface area contributed by atoms with Gasteiger partial charge in [-0.1, -0.05) is 24.4 Å². The van der Waals surface area contributed by atoms with Crippen molar-refractivity contribution in [3.63, 3.8) is 0 Å². The number of fused-ring (bicyclic) bond motifs is 1. The van der Waals surface area contributed by atoms with Gasteiger partial charge in [0.1, 0.15) is 5.75 Å². The van der Waals surface area contributed by atoms with Gasteiger partial charge in [0.2, 0.25) is 0 Å². The topological polar surface area (TPSA) is 54.4 Å². The highest BCUT2D eigenvalue weighted by Crippen LogP contribution is 2.51. The molecule has 1 saturated carbocycles. The van der Waals surface area contributed by atoms with Gasteiger partial charge in [0.25, 0.3) is 0 Å². The van der Waals surface area contributed by atoms with Crippen molar-refractivity contribution in [3.8, 4) is 5.75 Å². The minimum atomic E-state index is -0.997. The Balaban J connectivity index is 2.20. The van der Waals surface area contributed by atoms with Crippen LogP contribution >= 0.6 is 11.6 Å². The van der Waals surface area contributed by atoms with Gasteiger partial charge in [-0.05, 0) is 38.7 Å². The van der Waals surface area contributed by atoms with Crippen molar-refractivity contribution in [2.45, 2.75) is 39.5 Å². The van der Waals surface area contributed by atoms with Crippen molar-refractivity contribution in [2.75, 3.05) is 0 Å². The summed E-state index contributed by atoms with van der Waals surface area (Å²) in [5.74, 6) is -0.280. The van der Waals surface area contributed by atoms with E-state index < -0.39 is 5.41 Å². The molecule has 2 aliphatic carbocycles. The van der Waals surface area contributed by atoms with Gasteiger partial charge in [0.05, 0.1) is 10.4 Å². The van der Waals surface area contributed by atoms with E-state index in [2.05, 4.69) is 0 Å². The number of phenolic OH excluding ortho intramolecular Hbond substituents is 1. The van der Waals surface area contributed by atoms with Gasteiger partial charge in [-0.2, -0.15) is 0 Å². The second kappa shape index (κ2) is 4.32. The quantitative estimate of drug-likeness (QED) is 0.798. The van der Waals surface area contributed by atoms with Crippen LogP contribution in [0.4, 0.5) is 0 Å². The fraction of sp³-hybridized carbons (Fsp3) is 0.500. The fourth-order valence-corrected chi connectivity index (χ4v) is 3.94. The van der Waals surface area contributed by atoms with Gasteiger partial charge >= 0.3 is 0 Å². The Bertz CT molecular complexity index is 629. The number of carbonyl (C=O) groups excluding carboxylic acids is 2. The highest BCUT2D eigenvalue weighted by atomic mass is 35.5. The van der Waals surface area contributed by atoms with Crippen LogP contribution in [0.5, 0.6) is 5.75 Å². The zero-order valence-corrected chi connectivity index (χ0v) is 12.4. The van der Waals surface area contributed by atoms with E-state index in [0.717, 1.165) is 25.7 Å². The predicted molar refractivity (Wildman–Crippen MR) is 76.6 cm³/mol. The molecule has 0 heterocycles. The number of rotatable bonds is 1. The van der Waals surface area contributed by atoms with E-state index in [1.54, 1.807) is 13.8 Å². The molecule has 0 spiro atoms. The molecule has 0 bridgehead atoms. The number of aromatic hydroxyl groups is 1. The SMILES string of the molecule is Cc1c(O)cc2c(c1Cl)C(=O)C(C)(C1CCCC1)C2=O. The average Bonchev–Trinajstić information content (AvgIpc) is 3.01. The molecule has 4 heteroatoms. The number of benzene rings is 1. The van der Waals surface area contributed by atoms with Crippen LogP contribution in [0, 0.1) is 18.3 Å². The van der Waals surface area contributed by atoms with Crippen LogP contribution in [0.2, 0.25) is 5.02 Å². The number of hydrogen-bond donors (Lipinski definition) is 1. The van der Waals surface area contributed by atoms with Crippen LogP contribution in [0.1, 0.15) is 58.9 Å². The lowest BCUT2D eigenvalue weighted by Gasteiger charge is -2.27. The Kier molecular flexibility index (Phi) is 2.94. The lowest BCUT2D eigenvalue weighted by Crippen LogP contribution is -2.36. The van der Waals surface area contributed by atoms with Gasteiger partial charge in [0, 0.05) is 16.7 Å². The number of ketones is 2. The van der Waals surface area contributed by atoms with Crippen LogP contribution < -0.4 is 0 Å². The molecular weight excluding hydrogens is 276 g/mol. The lowest BCUT2D eigenvalue weighted by atomic mass is 9.72. The molecule has 1 atom stereocenters. The Morgan fingerprint density at radius 1 is 1.25 bits per heavy atom. The standard InChI is InChI=1S/C16H17ClO3/c1-8-11(18)7-10-12(13(8)17)15(20)16(2,14(10)19)9-5-3-4-6-9/h7,9,18H,3-6H2,1-2H3. The Morgan fingerprint density at radius 3 is 2.45 bits per heavy atom. The monoisotopic (exact) mass is 292 g/mol. The molecule has 0 aliphatic heterocycles. The summed E-state index contributed by atoms with van der Waals surface area (Å²) in [4.78, 5) is 25.6. The third-order valence-corrected chi connectivity index (χ3v) is 5.54. The smallest absolute Gasteiger partial charge is 0.179 e. The molecule has 0 amide bonds. The molecule has 106 valence electrons. The third kappa shape index (κ3) is 1.53. The fourth-order valence-electron chi connectivity index (χ4n) is 3.65. The Morgan fingerprint density at radius 2 is 1.85 bits per heavy atom. The van der Waals surface area contributed by atoms with E-state index in [0.29, 0.717) is 11.1 Å². The van der Waals surface area contributed by atoms with Crippen molar-refractivity contribution in [3.05, 3.63) is 27.8 Å². The minimum absolute atomic E-state index is 0.0226. The predicted octanol–water partition coefficient (Wildman–Crippen LogP) is 3.93. The second-order valence-corrected chi connectivity index (χ2v) is 6.48. The summed E-state index contributed by atoms with van der Waals surface area (Å²) < 4.78 is 0. The Hall–Kier alpha value is -1.35. The van der Waals surface area contributed by atoms with Crippen molar-refractivity contribution in [1.29, 1.82) is 0 Å². The molecule has 1 aromatic rings. The maximum Gasteiger partial charge on any atom is 0.179 e. The number of hydrogen-bond acceptors (Lipinski definition) is 3. The molecule has 3 rings (SSSR count). The summed E-state index contributed by atoms with van der Waals surface area (Å²) in [6.07, 6.45) is 3.94. The first-order chi connectivity index (χ1) is 9.39. The van der Waals surface area contributed by atoms with Crippen LogP contribution in [-0.2, 0) is 0 Å². The summed E-state index contributed by atoms with van der Waals surface area (Å²) in [6, 6.07) is 1.40. The van der Waals surface area contributed by atoms with Crippen LogP contribution in [0.15, 0.2) is 6.07 Å². The van der Waals surface area contributed by atoms with E-state index in [1.165, 1.54) is 6.07 Å². The maximum atomic E-state index is 12.8. The van der Waals surface area contributed by atoms with Gasteiger partial charge in [-0.25, -0.2) is 0 Å². The molecule has 1 fully saturated rings. The summed E-state index contributed by atoms with van der Waals surface area (Å²) in [7, 11) is 0. The molecule has 20 heavy (non-hydrogen) atoms. The zero-order chi connectivity index (χ0) is 14.7. The van der Waals surface area contributed by atoms with Crippen LogP contribution in [-0.4, -0.2) is 16.7 Å². The molecule has 1 aromatic carbocycles. The number of carbonyl (C=O) groups is 2. The highest BCUT2D eigenvalue weighted by molar-refractivity contribution is 6.40. The van der Waals surface area contributed by atoms with E-state index in [9.17, 15) is 14.7 Å². The first kappa shape index (κ1) is 13.6. The molecule has 1 unspecified atom stereocenters. The number of Topliss-reactive ketones (excluding diaryl/α,β-unsaturated/α-hetero) is 2. The minimum Gasteiger partial charge on any atom is -0.508 e. The van der Waals surface area contributed by atoms with Gasteiger partial charge in [0.15, 0.2) is 11.6 Å². The van der Waals surface area contributed by atoms with Crippen molar-refractivity contribution < 1.29 is 14.7 Å². The second-order valence-electron chi connectivity index (χ2n) is 6.10. The first-order valence-electron chi connectivity index (χ1n) is 7.00. The zero-order valence-electron chi connectivity index (χ0n) is 11.6. The van der Waals surface area contributed by atoms with Crippen molar-refractivity contribution in [2.24, 2.45) is 11.3 Å². The van der Waals surface area contributed by atoms with Crippen LogP contribution in [0.3, 0.4) is 0 Å². The summed E-state index contributed by atoms with van der Waals surface area (Å²) in [5, 5.41) is 10.1. The van der Waals surface area contributed by atoms with Crippen molar-refractivity contribution >= 4 is 23.2 Å². The Labute approximate surface area is 122 Å². The van der Waals surface area contributed by atoms with Gasteiger partial charge < -0.3 is 5.11 Å². The number of halogens is 1. The maximum absolute atomic E-state index is 12.8. The normalized spacial score (nSPS) is 26.4. The largest absolute Gasteiger partial charge is 0.508 e. The summed E-state index contributed by atoms with van der Waals surface area (Å²) in [5.41, 5.74) is 0.0593. The average molecular weight is 293 g/mol. The van der Waals surface area contributed by atoms with Crippen LogP contribution in [0.25, 0.3) is 0 Å². The lowest BCUT2D eigenvalue weighted by molar-refractivity contribution is 0.0624. The highest BCUT2D eigenvalue weighted by Gasteiger charge is 2.55.